The van der Waals surface area contributed by atoms with Crippen LogP contribution in [0, 0.1) is 25.7 Å². The molecule has 4 atom stereocenters. The van der Waals surface area contributed by atoms with Crippen LogP contribution in [0.1, 0.15) is 29.5 Å². The number of hydrogen-bond donors (Lipinski definition) is 1. The van der Waals surface area contributed by atoms with Crippen molar-refractivity contribution in [1.29, 1.82) is 0 Å². The Morgan fingerprint density at radius 1 is 1.06 bits per heavy atom. The van der Waals surface area contributed by atoms with Gasteiger partial charge in [-0.1, -0.05) is 35.3 Å². The second-order valence-electron chi connectivity index (χ2n) is 9.24. The molecule has 1 N–H and O–H groups in total. The molecule has 32 heavy (non-hydrogen) atoms. The summed E-state index contributed by atoms with van der Waals surface area (Å²) in [5, 5.41) is 3.84. The summed E-state index contributed by atoms with van der Waals surface area (Å²) in [5.74, 6) is -2.26. The second kappa shape index (κ2) is 6.56. The quantitative estimate of drug-likeness (QED) is 0.639. The molecule has 8 heteroatoms. The largest absolute Gasteiger partial charge is 0.323 e. The van der Waals surface area contributed by atoms with Crippen molar-refractivity contribution < 1.29 is 14.4 Å². The fourth-order valence-electron chi connectivity index (χ4n) is 6.46. The molecule has 0 radical (unpaired) electrons. The van der Waals surface area contributed by atoms with E-state index in [1.54, 1.807) is 24.3 Å². The molecule has 0 aromatic heterocycles. The first-order valence-corrected chi connectivity index (χ1v) is 11.5. The maximum absolute atomic E-state index is 14.0. The van der Waals surface area contributed by atoms with Gasteiger partial charge in [0.05, 0.1) is 28.2 Å². The molecular weight excluding hydrogens is 449 g/mol. The molecule has 2 aromatic carbocycles. The van der Waals surface area contributed by atoms with Crippen molar-refractivity contribution in [2.75, 3.05) is 16.8 Å². The van der Waals surface area contributed by atoms with Gasteiger partial charge in [-0.15, -0.1) is 0 Å². The molecule has 3 amide bonds. The average molecular weight is 470 g/mol. The molecule has 3 fully saturated rings. The van der Waals surface area contributed by atoms with Gasteiger partial charge in [-0.2, -0.15) is 0 Å². The van der Waals surface area contributed by atoms with Gasteiger partial charge in [0.1, 0.15) is 5.54 Å². The Labute approximate surface area is 195 Å². The van der Waals surface area contributed by atoms with Gasteiger partial charge in [0.25, 0.3) is 5.91 Å². The van der Waals surface area contributed by atoms with E-state index >= 15 is 0 Å². The van der Waals surface area contributed by atoms with Crippen LogP contribution in [0.15, 0.2) is 30.3 Å². The zero-order valence-corrected chi connectivity index (χ0v) is 19.1. The summed E-state index contributed by atoms with van der Waals surface area (Å²) in [6.07, 6.45) is 1.64. The Morgan fingerprint density at radius 3 is 2.62 bits per heavy atom. The normalized spacial score (nSPS) is 30.8. The summed E-state index contributed by atoms with van der Waals surface area (Å²) in [4.78, 5) is 44.8. The minimum atomic E-state index is -1.23. The summed E-state index contributed by atoms with van der Waals surface area (Å²) in [6, 6.07) is 8.75. The number of nitrogens with zero attached hydrogens (tertiary/aromatic N) is 2. The van der Waals surface area contributed by atoms with Crippen molar-refractivity contribution in [2.24, 2.45) is 11.8 Å². The third-order valence-electron chi connectivity index (χ3n) is 7.61. The summed E-state index contributed by atoms with van der Waals surface area (Å²) >= 11 is 12.7. The lowest BCUT2D eigenvalue weighted by atomic mass is 9.75. The number of anilines is 2. The van der Waals surface area contributed by atoms with Crippen molar-refractivity contribution >= 4 is 52.3 Å². The van der Waals surface area contributed by atoms with E-state index in [1.807, 2.05) is 19.9 Å². The first-order valence-electron chi connectivity index (χ1n) is 10.8. The summed E-state index contributed by atoms with van der Waals surface area (Å²) in [6.45, 7) is 4.42. The zero-order valence-electron chi connectivity index (χ0n) is 17.6. The smallest absolute Gasteiger partial charge is 0.250 e. The predicted molar refractivity (Wildman–Crippen MR) is 122 cm³/mol. The molecular formula is C24H21Cl2N3O3. The number of hydrogen-bond acceptors (Lipinski definition) is 4. The predicted octanol–water partition coefficient (Wildman–Crippen LogP) is 4.04. The number of benzene rings is 2. The van der Waals surface area contributed by atoms with Crippen LogP contribution >= 0.6 is 23.2 Å². The van der Waals surface area contributed by atoms with Crippen LogP contribution < -0.4 is 10.2 Å². The highest BCUT2D eigenvalue weighted by Crippen LogP contribution is 2.61. The molecule has 4 aliphatic rings. The first-order chi connectivity index (χ1) is 15.3. The Hall–Kier alpha value is -2.41. The first kappa shape index (κ1) is 20.2. The van der Waals surface area contributed by atoms with Gasteiger partial charge < -0.3 is 5.32 Å². The molecule has 3 saturated heterocycles. The standard InChI is InChI=1S/C24H21Cl2N3O3/c1-11-8-14-20(15(26)9-11)27-23(32)24(14)19-18(16-4-3-7-28(16)24)21(30)29(22(19)31)17-10-13(25)6-5-12(17)2/h5-6,8-10,16,18-19H,3-4,7H2,1-2H3,(H,27,32). The molecule has 2 aromatic rings. The van der Waals surface area contributed by atoms with Crippen LogP contribution in [0.3, 0.4) is 0 Å². The van der Waals surface area contributed by atoms with Crippen molar-refractivity contribution in [1.82, 2.24) is 4.90 Å². The second-order valence-corrected chi connectivity index (χ2v) is 10.1. The molecule has 0 saturated carbocycles. The Kier molecular flexibility index (Phi) is 4.15. The average Bonchev–Trinajstić information content (AvgIpc) is 3.43. The number of halogens is 2. The van der Waals surface area contributed by atoms with E-state index < -0.39 is 17.4 Å². The van der Waals surface area contributed by atoms with E-state index in [9.17, 15) is 14.4 Å². The van der Waals surface area contributed by atoms with Gasteiger partial charge in [-0.3, -0.25) is 19.3 Å². The minimum absolute atomic E-state index is 0.170. The maximum atomic E-state index is 14.0. The molecule has 4 aliphatic heterocycles. The lowest BCUT2D eigenvalue weighted by molar-refractivity contribution is -0.135. The van der Waals surface area contributed by atoms with Gasteiger partial charge in [0.15, 0.2) is 0 Å². The number of carbonyl (C=O) groups is 3. The molecule has 1 spiro atoms. The number of rotatable bonds is 1. The van der Waals surface area contributed by atoms with Crippen LogP contribution in [-0.2, 0) is 19.9 Å². The highest BCUT2D eigenvalue weighted by molar-refractivity contribution is 6.35. The molecule has 0 bridgehead atoms. The Bertz CT molecular complexity index is 1250. The topological polar surface area (TPSA) is 69.7 Å². The molecule has 164 valence electrons. The van der Waals surface area contributed by atoms with Crippen molar-refractivity contribution in [3.8, 4) is 0 Å². The Balaban J connectivity index is 1.59. The molecule has 4 heterocycles. The molecule has 6 nitrogen and oxygen atoms in total. The van der Waals surface area contributed by atoms with Gasteiger partial charge in [-0.05, 0) is 62.6 Å². The molecule has 6 rings (SSSR count). The van der Waals surface area contributed by atoms with Gasteiger partial charge >= 0.3 is 0 Å². The Morgan fingerprint density at radius 2 is 1.84 bits per heavy atom. The van der Waals surface area contributed by atoms with E-state index in [0.29, 0.717) is 33.5 Å². The number of amides is 3. The monoisotopic (exact) mass is 469 g/mol. The number of carbonyl (C=O) groups excluding carboxylic acids is 3. The van der Waals surface area contributed by atoms with E-state index in [4.69, 9.17) is 23.2 Å². The van der Waals surface area contributed by atoms with E-state index in [1.165, 1.54) is 4.90 Å². The zero-order chi connectivity index (χ0) is 22.5. The van der Waals surface area contributed by atoms with Crippen LogP contribution in [0.2, 0.25) is 10.0 Å². The SMILES string of the molecule is Cc1cc(Cl)c2c(c1)C1(C(=O)N2)C2C(=O)N(c3cc(Cl)ccc3C)C(=O)C2C2CCCN21. The van der Waals surface area contributed by atoms with Crippen LogP contribution in [-0.4, -0.2) is 35.2 Å². The minimum Gasteiger partial charge on any atom is -0.323 e. The van der Waals surface area contributed by atoms with Gasteiger partial charge in [0.2, 0.25) is 11.8 Å². The van der Waals surface area contributed by atoms with Gasteiger partial charge in [0, 0.05) is 16.6 Å². The van der Waals surface area contributed by atoms with Crippen molar-refractivity contribution in [2.45, 2.75) is 38.3 Å². The van der Waals surface area contributed by atoms with Crippen LogP contribution in [0.5, 0.6) is 0 Å². The van der Waals surface area contributed by atoms with E-state index in [2.05, 4.69) is 10.2 Å². The van der Waals surface area contributed by atoms with E-state index in [-0.39, 0.29) is 23.8 Å². The van der Waals surface area contributed by atoms with Crippen LogP contribution in [0.4, 0.5) is 11.4 Å². The van der Waals surface area contributed by atoms with Crippen LogP contribution in [0.25, 0.3) is 0 Å². The fraction of sp³-hybridized carbons (Fsp3) is 0.375. The number of fused-ring (bicyclic) bond motifs is 7. The lowest BCUT2D eigenvalue weighted by Crippen LogP contribution is -2.54. The highest BCUT2D eigenvalue weighted by atomic mass is 35.5. The number of nitrogens with one attached hydrogen (secondary N) is 1. The summed E-state index contributed by atoms with van der Waals surface area (Å²) in [5.41, 5.74) is 2.20. The van der Waals surface area contributed by atoms with Crippen molar-refractivity contribution in [3.63, 3.8) is 0 Å². The third-order valence-corrected chi connectivity index (χ3v) is 8.14. The number of aryl methyl sites for hydroxylation is 2. The van der Waals surface area contributed by atoms with Crippen molar-refractivity contribution in [3.05, 3.63) is 57.1 Å². The van der Waals surface area contributed by atoms with Gasteiger partial charge in [-0.25, -0.2) is 4.90 Å². The molecule has 4 unspecified atom stereocenters. The third kappa shape index (κ3) is 2.28. The highest BCUT2D eigenvalue weighted by Gasteiger charge is 2.74. The number of imide groups is 1. The van der Waals surface area contributed by atoms with E-state index in [0.717, 1.165) is 24.0 Å². The fourth-order valence-corrected chi connectivity index (χ4v) is 6.94. The lowest BCUT2D eigenvalue weighted by Gasteiger charge is -2.37. The maximum Gasteiger partial charge on any atom is 0.250 e. The summed E-state index contributed by atoms with van der Waals surface area (Å²) < 4.78 is 0. The summed E-state index contributed by atoms with van der Waals surface area (Å²) in [7, 11) is 0. The molecule has 0 aliphatic carbocycles.